The third kappa shape index (κ3) is 5.11. The zero-order chi connectivity index (χ0) is 14.5. The van der Waals surface area contributed by atoms with E-state index in [1.807, 2.05) is 30.3 Å². The van der Waals surface area contributed by atoms with E-state index in [0.29, 0.717) is 22.0 Å². The third-order valence-corrected chi connectivity index (χ3v) is 2.82. The minimum Gasteiger partial charge on any atom is -0.398 e. The van der Waals surface area contributed by atoms with E-state index in [9.17, 15) is 0 Å². The minimum absolute atomic E-state index is 0. The van der Waals surface area contributed by atoms with Crippen molar-refractivity contribution in [3.63, 3.8) is 0 Å². The maximum absolute atomic E-state index is 6.02. The van der Waals surface area contributed by atoms with Gasteiger partial charge in [-0.25, -0.2) is 0 Å². The molecular weight excluding hydrogens is 345 g/mol. The topological polar surface area (TPSA) is 103 Å². The van der Waals surface area contributed by atoms with Crippen LogP contribution in [0.3, 0.4) is 0 Å². The molecule has 0 unspecified atom stereocenters. The molecule has 0 aromatic heterocycles. The van der Waals surface area contributed by atoms with Crippen molar-refractivity contribution in [1.29, 1.82) is 0 Å². The van der Waals surface area contributed by atoms with Crippen molar-refractivity contribution in [3.05, 3.63) is 64.7 Å². The van der Waals surface area contributed by atoms with Crippen LogP contribution in [0.15, 0.2) is 58.7 Å². The number of benzene rings is 2. The van der Waals surface area contributed by atoms with Crippen LogP contribution in [-0.2, 0) is 0 Å². The first-order valence-electron chi connectivity index (χ1n) is 5.85. The second-order valence-electron chi connectivity index (χ2n) is 4.07. The van der Waals surface area contributed by atoms with Gasteiger partial charge >= 0.3 is 0 Å². The van der Waals surface area contributed by atoms with Crippen molar-refractivity contribution in [1.82, 2.24) is 0 Å². The van der Waals surface area contributed by atoms with Crippen molar-refractivity contribution in [2.45, 2.75) is 0 Å². The largest absolute Gasteiger partial charge is 0.398 e. The summed E-state index contributed by atoms with van der Waals surface area (Å²) in [6, 6.07) is 14.6. The van der Waals surface area contributed by atoms with Gasteiger partial charge in [-0.2, -0.15) is 0 Å². The van der Waals surface area contributed by atoms with Crippen LogP contribution in [0.4, 0.5) is 5.69 Å². The highest BCUT2D eigenvalue weighted by atomic mass is 35.5. The molecular formula is C14H16Cl3N5. The van der Waals surface area contributed by atoms with Gasteiger partial charge in [0, 0.05) is 21.8 Å². The normalized spacial score (nSPS) is 10.1. The summed E-state index contributed by atoms with van der Waals surface area (Å²) < 4.78 is 0. The fourth-order valence-corrected chi connectivity index (χ4v) is 1.88. The SMILES string of the molecule is Cl.Cl.NC(N)=NN=C(c1ccccc1)c1cc(Cl)ccc1N. The fraction of sp³-hybridized carbons (Fsp3) is 0. The van der Waals surface area contributed by atoms with Crippen LogP contribution in [0.5, 0.6) is 0 Å². The van der Waals surface area contributed by atoms with E-state index in [4.69, 9.17) is 28.8 Å². The molecule has 0 atom stereocenters. The zero-order valence-corrected chi connectivity index (χ0v) is 13.8. The molecule has 0 spiro atoms. The number of nitrogens with two attached hydrogens (primary N) is 3. The molecule has 0 radical (unpaired) electrons. The Kier molecular flexibility index (Phi) is 8.34. The standard InChI is InChI=1S/C14H14ClN5.2ClH/c15-10-6-7-12(16)11(8-10)13(19-20-14(17)18)9-4-2-1-3-5-9;;/h1-8H,16H2,(H4,17,18,20);2*1H. The van der Waals surface area contributed by atoms with Gasteiger partial charge in [0.2, 0.25) is 5.96 Å². The second kappa shape index (κ2) is 9.15. The average molecular weight is 361 g/mol. The summed E-state index contributed by atoms with van der Waals surface area (Å²) in [6.45, 7) is 0. The number of nitrogen functional groups attached to an aromatic ring is 1. The Labute approximate surface area is 146 Å². The van der Waals surface area contributed by atoms with Crippen LogP contribution in [0.2, 0.25) is 5.02 Å². The van der Waals surface area contributed by atoms with Gasteiger partial charge in [-0.05, 0) is 18.2 Å². The van der Waals surface area contributed by atoms with Gasteiger partial charge in [-0.15, -0.1) is 35.0 Å². The first-order valence-corrected chi connectivity index (χ1v) is 6.23. The van der Waals surface area contributed by atoms with Crippen LogP contribution >= 0.6 is 36.4 Å². The predicted octanol–water partition coefficient (Wildman–Crippen LogP) is 2.79. The lowest BCUT2D eigenvalue weighted by Crippen LogP contribution is -2.22. The number of guanidine groups is 1. The van der Waals surface area contributed by atoms with Crippen LogP contribution in [0.25, 0.3) is 0 Å². The van der Waals surface area contributed by atoms with Gasteiger partial charge in [-0.1, -0.05) is 41.9 Å². The summed E-state index contributed by atoms with van der Waals surface area (Å²) in [5.74, 6) is -0.126. The Morgan fingerprint density at radius 1 is 0.909 bits per heavy atom. The van der Waals surface area contributed by atoms with Crippen LogP contribution in [0.1, 0.15) is 11.1 Å². The molecule has 0 fully saturated rings. The quantitative estimate of drug-likeness (QED) is 0.339. The number of rotatable bonds is 3. The second-order valence-corrected chi connectivity index (χ2v) is 4.51. The molecule has 0 bridgehead atoms. The number of hydrogen-bond donors (Lipinski definition) is 3. The third-order valence-electron chi connectivity index (χ3n) is 2.58. The number of nitrogens with zero attached hydrogens (tertiary/aromatic N) is 2. The molecule has 5 nitrogen and oxygen atoms in total. The van der Waals surface area contributed by atoms with Crippen molar-refractivity contribution in [2.24, 2.45) is 21.7 Å². The average Bonchev–Trinajstić information content (AvgIpc) is 2.43. The van der Waals surface area contributed by atoms with Gasteiger partial charge in [0.25, 0.3) is 0 Å². The zero-order valence-electron chi connectivity index (χ0n) is 11.4. The Morgan fingerprint density at radius 2 is 1.55 bits per heavy atom. The lowest BCUT2D eigenvalue weighted by Gasteiger charge is -2.09. The van der Waals surface area contributed by atoms with Crippen LogP contribution in [0, 0.1) is 0 Å². The molecule has 0 aliphatic rings. The smallest absolute Gasteiger partial charge is 0.211 e. The first kappa shape index (κ1) is 20.1. The molecule has 2 aromatic carbocycles. The van der Waals surface area contributed by atoms with Gasteiger partial charge in [0.1, 0.15) is 5.71 Å². The Balaban J connectivity index is 0.00000220. The molecule has 6 N–H and O–H groups in total. The van der Waals surface area contributed by atoms with E-state index < -0.39 is 0 Å². The maximum atomic E-state index is 6.02. The van der Waals surface area contributed by atoms with E-state index in [1.165, 1.54) is 0 Å². The molecule has 2 aromatic rings. The molecule has 0 saturated carbocycles. The molecule has 0 aliphatic heterocycles. The summed E-state index contributed by atoms with van der Waals surface area (Å²) in [7, 11) is 0. The Morgan fingerprint density at radius 3 is 2.14 bits per heavy atom. The van der Waals surface area contributed by atoms with E-state index in [1.54, 1.807) is 18.2 Å². The van der Waals surface area contributed by atoms with Crippen molar-refractivity contribution in [2.75, 3.05) is 5.73 Å². The molecule has 0 aliphatic carbocycles. The molecule has 0 heterocycles. The van der Waals surface area contributed by atoms with Crippen molar-refractivity contribution >= 4 is 53.8 Å². The monoisotopic (exact) mass is 359 g/mol. The molecule has 2 rings (SSSR count). The highest BCUT2D eigenvalue weighted by molar-refractivity contribution is 6.31. The first-order chi connectivity index (χ1) is 9.58. The lowest BCUT2D eigenvalue weighted by atomic mass is 10.0. The van der Waals surface area contributed by atoms with Gasteiger partial charge < -0.3 is 17.2 Å². The number of hydrogen-bond acceptors (Lipinski definition) is 3. The van der Waals surface area contributed by atoms with E-state index in [2.05, 4.69) is 10.2 Å². The summed E-state index contributed by atoms with van der Waals surface area (Å²) >= 11 is 6.02. The van der Waals surface area contributed by atoms with E-state index in [0.717, 1.165) is 5.56 Å². The minimum atomic E-state index is -0.126. The highest BCUT2D eigenvalue weighted by Crippen LogP contribution is 2.22. The van der Waals surface area contributed by atoms with Crippen LogP contribution in [-0.4, -0.2) is 11.7 Å². The van der Waals surface area contributed by atoms with Crippen LogP contribution < -0.4 is 17.2 Å². The number of anilines is 1. The summed E-state index contributed by atoms with van der Waals surface area (Å²) in [5.41, 5.74) is 19.3. The molecule has 0 amide bonds. The Bertz CT molecular complexity index is 667. The molecule has 22 heavy (non-hydrogen) atoms. The van der Waals surface area contributed by atoms with Crippen molar-refractivity contribution in [3.8, 4) is 0 Å². The summed E-state index contributed by atoms with van der Waals surface area (Å²) in [4.78, 5) is 0. The van der Waals surface area contributed by atoms with E-state index >= 15 is 0 Å². The summed E-state index contributed by atoms with van der Waals surface area (Å²) in [6.07, 6.45) is 0. The van der Waals surface area contributed by atoms with Gasteiger partial charge in [-0.3, -0.25) is 0 Å². The summed E-state index contributed by atoms with van der Waals surface area (Å²) in [5, 5.41) is 8.35. The Hall–Kier alpha value is -1.95. The fourth-order valence-electron chi connectivity index (χ4n) is 1.70. The maximum Gasteiger partial charge on any atom is 0.211 e. The predicted molar refractivity (Wildman–Crippen MR) is 98.3 cm³/mol. The van der Waals surface area contributed by atoms with Gasteiger partial charge in [0.05, 0.1) is 0 Å². The molecule has 118 valence electrons. The number of halogens is 3. The van der Waals surface area contributed by atoms with E-state index in [-0.39, 0.29) is 30.8 Å². The molecule has 0 saturated heterocycles. The lowest BCUT2D eigenvalue weighted by molar-refractivity contribution is 1.20. The van der Waals surface area contributed by atoms with Crippen molar-refractivity contribution < 1.29 is 0 Å². The molecule has 8 heteroatoms. The van der Waals surface area contributed by atoms with Gasteiger partial charge in [0.15, 0.2) is 0 Å². The highest BCUT2D eigenvalue weighted by Gasteiger charge is 2.11.